The lowest BCUT2D eigenvalue weighted by Gasteiger charge is -2.43. The monoisotopic (exact) mass is 243 g/mol. The van der Waals surface area contributed by atoms with E-state index in [4.69, 9.17) is 0 Å². The maximum atomic E-state index is 2.50. The predicted molar refractivity (Wildman–Crippen MR) is 81.0 cm³/mol. The summed E-state index contributed by atoms with van der Waals surface area (Å²) in [7, 11) is 2.23. The van der Waals surface area contributed by atoms with Gasteiger partial charge in [0.25, 0.3) is 0 Å². The highest BCUT2D eigenvalue weighted by Crippen LogP contribution is 2.41. The molecule has 0 aromatic heterocycles. The molecule has 0 saturated heterocycles. The molecule has 1 atom stereocenters. The fourth-order valence-corrected chi connectivity index (χ4v) is 3.08. The topological polar surface area (TPSA) is 3.24 Å². The van der Waals surface area contributed by atoms with Crippen LogP contribution in [-0.4, -0.2) is 12.6 Å². The Morgan fingerprint density at radius 2 is 1.83 bits per heavy atom. The molecular weight excluding hydrogens is 218 g/mol. The second kappa shape index (κ2) is 5.17. The number of fused-ring (bicyclic) bond motifs is 1. The molecule has 0 amide bonds. The van der Waals surface area contributed by atoms with Crippen molar-refractivity contribution in [2.75, 3.05) is 11.9 Å². The Balaban J connectivity index is 2.49. The van der Waals surface area contributed by atoms with Gasteiger partial charge in [-0.15, -0.1) is 0 Å². The van der Waals surface area contributed by atoms with Crippen molar-refractivity contribution >= 4 is 11.3 Å². The van der Waals surface area contributed by atoms with E-state index in [2.05, 4.69) is 63.1 Å². The van der Waals surface area contributed by atoms with Crippen molar-refractivity contribution in [3.63, 3.8) is 0 Å². The van der Waals surface area contributed by atoms with Crippen molar-refractivity contribution in [1.29, 1.82) is 0 Å². The summed E-state index contributed by atoms with van der Waals surface area (Å²) < 4.78 is 0. The predicted octanol–water partition coefficient (Wildman–Crippen LogP) is 4.88. The van der Waals surface area contributed by atoms with E-state index in [1.807, 2.05) is 0 Å². The van der Waals surface area contributed by atoms with Gasteiger partial charge in [-0.05, 0) is 31.4 Å². The summed E-state index contributed by atoms with van der Waals surface area (Å²) in [5.74, 6) is 0. The van der Waals surface area contributed by atoms with Crippen molar-refractivity contribution < 1.29 is 0 Å². The smallest absolute Gasteiger partial charge is 0.0559 e. The maximum Gasteiger partial charge on any atom is 0.0559 e. The van der Waals surface area contributed by atoms with E-state index in [0.717, 1.165) is 0 Å². The molecular formula is C17H25N. The molecule has 1 unspecified atom stereocenters. The van der Waals surface area contributed by atoms with Gasteiger partial charge in [-0.25, -0.2) is 0 Å². The van der Waals surface area contributed by atoms with Crippen molar-refractivity contribution in [2.45, 2.75) is 52.0 Å². The van der Waals surface area contributed by atoms with E-state index in [1.165, 1.54) is 42.5 Å². The zero-order valence-corrected chi connectivity index (χ0v) is 12.2. The van der Waals surface area contributed by atoms with Gasteiger partial charge in [0, 0.05) is 18.3 Å². The summed E-state index contributed by atoms with van der Waals surface area (Å²) in [6.45, 7) is 6.90. The number of nitrogens with zero attached hydrogens (tertiary/aromatic N) is 1. The van der Waals surface area contributed by atoms with Crippen LogP contribution in [0.5, 0.6) is 0 Å². The molecule has 1 aromatic rings. The fraction of sp³-hybridized carbons (Fsp3) is 0.529. The molecule has 18 heavy (non-hydrogen) atoms. The van der Waals surface area contributed by atoms with Crippen LogP contribution in [0.3, 0.4) is 0 Å². The summed E-state index contributed by atoms with van der Waals surface area (Å²) in [5.41, 5.74) is 4.52. The number of hydrogen-bond donors (Lipinski definition) is 0. The molecule has 1 aliphatic heterocycles. The first-order chi connectivity index (χ1) is 8.62. The summed E-state index contributed by atoms with van der Waals surface area (Å²) in [4.78, 5) is 2.45. The zero-order valence-electron chi connectivity index (χ0n) is 12.2. The number of allylic oxidation sites excluding steroid dienone is 1. The molecule has 0 bridgehead atoms. The SMILES string of the molecule is CCCC1=CC(C)(CCC)N(C)c2ccccc21. The Kier molecular flexibility index (Phi) is 3.79. The van der Waals surface area contributed by atoms with Crippen molar-refractivity contribution in [3.05, 3.63) is 35.9 Å². The van der Waals surface area contributed by atoms with E-state index >= 15 is 0 Å². The lowest BCUT2D eigenvalue weighted by molar-refractivity contribution is 0.491. The van der Waals surface area contributed by atoms with Crippen molar-refractivity contribution in [1.82, 2.24) is 0 Å². The van der Waals surface area contributed by atoms with Gasteiger partial charge in [0.15, 0.2) is 0 Å². The summed E-state index contributed by atoms with van der Waals surface area (Å²) in [6.07, 6.45) is 7.34. The molecule has 1 aromatic carbocycles. The van der Waals surface area contributed by atoms with Crippen LogP contribution in [0.4, 0.5) is 5.69 Å². The Hall–Kier alpha value is -1.24. The Morgan fingerprint density at radius 1 is 1.11 bits per heavy atom. The first kappa shape index (κ1) is 13.2. The minimum Gasteiger partial charge on any atom is -0.365 e. The van der Waals surface area contributed by atoms with Crippen LogP contribution in [-0.2, 0) is 0 Å². The number of benzene rings is 1. The number of rotatable bonds is 4. The molecule has 0 saturated carbocycles. The molecule has 1 heteroatoms. The van der Waals surface area contributed by atoms with Crippen LogP contribution in [0, 0.1) is 0 Å². The first-order valence-electron chi connectivity index (χ1n) is 7.17. The van der Waals surface area contributed by atoms with Crippen LogP contribution in [0.15, 0.2) is 30.3 Å². The minimum atomic E-state index is 0.174. The molecule has 0 aliphatic carbocycles. The molecule has 2 rings (SSSR count). The van der Waals surface area contributed by atoms with E-state index in [1.54, 1.807) is 0 Å². The van der Waals surface area contributed by atoms with Crippen LogP contribution < -0.4 is 4.90 Å². The second-order valence-corrected chi connectivity index (χ2v) is 5.60. The zero-order chi connectivity index (χ0) is 13.2. The van der Waals surface area contributed by atoms with E-state index in [9.17, 15) is 0 Å². The molecule has 0 N–H and O–H groups in total. The lowest BCUT2D eigenvalue weighted by atomic mass is 9.83. The molecule has 1 nitrogen and oxygen atoms in total. The minimum absolute atomic E-state index is 0.174. The highest BCUT2D eigenvalue weighted by Gasteiger charge is 2.32. The van der Waals surface area contributed by atoms with Crippen LogP contribution in [0.2, 0.25) is 0 Å². The Bertz CT molecular complexity index is 447. The average molecular weight is 243 g/mol. The van der Waals surface area contributed by atoms with Gasteiger partial charge in [0.1, 0.15) is 0 Å². The van der Waals surface area contributed by atoms with E-state index in [-0.39, 0.29) is 5.54 Å². The fourth-order valence-electron chi connectivity index (χ4n) is 3.08. The standard InChI is InChI=1S/C17H25N/c1-5-9-14-13-17(3,12-6-2)18(4)16-11-8-7-10-15(14)16/h7-8,10-11,13H,5-6,9,12H2,1-4H3. The number of hydrogen-bond acceptors (Lipinski definition) is 1. The molecule has 1 heterocycles. The molecule has 0 radical (unpaired) electrons. The average Bonchev–Trinajstić information content (AvgIpc) is 2.36. The van der Waals surface area contributed by atoms with Gasteiger partial charge in [-0.2, -0.15) is 0 Å². The van der Waals surface area contributed by atoms with Gasteiger partial charge in [-0.3, -0.25) is 0 Å². The largest absolute Gasteiger partial charge is 0.365 e. The quantitative estimate of drug-likeness (QED) is 0.728. The van der Waals surface area contributed by atoms with Crippen LogP contribution in [0.1, 0.15) is 52.0 Å². The second-order valence-electron chi connectivity index (χ2n) is 5.60. The van der Waals surface area contributed by atoms with Crippen LogP contribution in [0.25, 0.3) is 5.57 Å². The van der Waals surface area contributed by atoms with Crippen LogP contribution >= 0.6 is 0 Å². The number of likely N-dealkylation sites (N-methyl/N-ethyl adjacent to an activating group) is 1. The summed E-state index contributed by atoms with van der Waals surface area (Å²) in [5, 5.41) is 0. The number of anilines is 1. The summed E-state index contributed by atoms with van der Waals surface area (Å²) >= 11 is 0. The maximum absolute atomic E-state index is 2.50. The van der Waals surface area contributed by atoms with E-state index in [0.29, 0.717) is 0 Å². The van der Waals surface area contributed by atoms with Crippen molar-refractivity contribution in [3.8, 4) is 0 Å². The Morgan fingerprint density at radius 3 is 2.50 bits per heavy atom. The normalized spacial score (nSPS) is 22.7. The highest BCUT2D eigenvalue weighted by molar-refractivity contribution is 5.81. The number of para-hydroxylation sites is 1. The molecule has 1 aliphatic rings. The van der Waals surface area contributed by atoms with Crippen molar-refractivity contribution in [2.24, 2.45) is 0 Å². The van der Waals surface area contributed by atoms with Gasteiger partial charge < -0.3 is 4.90 Å². The Labute approximate surface area is 112 Å². The molecule has 98 valence electrons. The van der Waals surface area contributed by atoms with Gasteiger partial charge >= 0.3 is 0 Å². The first-order valence-corrected chi connectivity index (χ1v) is 7.17. The molecule has 0 fully saturated rings. The van der Waals surface area contributed by atoms with Gasteiger partial charge in [0.05, 0.1) is 5.54 Å². The third-order valence-corrected chi connectivity index (χ3v) is 4.14. The van der Waals surface area contributed by atoms with E-state index < -0.39 is 0 Å². The molecule has 0 spiro atoms. The lowest BCUT2D eigenvalue weighted by Crippen LogP contribution is -2.44. The third kappa shape index (κ3) is 2.19. The van der Waals surface area contributed by atoms with Gasteiger partial charge in [-0.1, -0.05) is 51.0 Å². The third-order valence-electron chi connectivity index (χ3n) is 4.14. The summed E-state index contributed by atoms with van der Waals surface area (Å²) in [6, 6.07) is 8.82. The highest BCUT2D eigenvalue weighted by atomic mass is 15.2. The van der Waals surface area contributed by atoms with Gasteiger partial charge in [0.2, 0.25) is 0 Å².